The Labute approximate surface area is 189 Å². The van der Waals surface area contributed by atoms with Crippen molar-refractivity contribution in [1.82, 2.24) is 14.2 Å². The highest BCUT2D eigenvalue weighted by molar-refractivity contribution is 7.89. The van der Waals surface area contributed by atoms with E-state index in [1.54, 1.807) is 4.90 Å². The van der Waals surface area contributed by atoms with Crippen LogP contribution >= 0.6 is 11.3 Å². The molecule has 1 saturated heterocycles. The second-order valence-electron chi connectivity index (χ2n) is 7.55. The first kappa shape index (κ1) is 22.5. The van der Waals surface area contributed by atoms with Gasteiger partial charge in [0.15, 0.2) is 11.6 Å². The Morgan fingerprint density at radius 2 is 1.72 bits per heavy atom. The summed E-state index contributed by atoms with van der Waals surface area (Å²) in [4.78, 5) is 18.5. The molecule has 32 heavy (non-hydrogen) atoms. The van der Waals surface area contributed by atoms with Crippen LogP contribution in [0.4, 0.5) is 8.78 Å². The van der Waals surface area contributed by atoms with E-state index >= 15 is 0 Å². The largest absolute Gasteiger partial charge is 0.340 e. The molecule has 0 unspecified atom stereocenters. The molecule has 0 atom stereocenters. The van der Waals surface area contributed by atoms with Gasteiger partial charge >= 0.3 is 0 Å². The van der Waals surface area contributed by atoms with Crippen LogP contribution in [0.25, 0.3) is 10.6 Å². The maximum absolute atomic E-state index is 13.5. The molecule has 10 heteroatoms. The molecule has 0 spiro atoms. The summed E-state index contributed by atoms with van der Waals surface area (Å²) < 4.78 is 53.2. The van der Waals surface area contributed by atoms with Crippen molar-refractivity contribution in [1.29, 1.82) is 0 Å². The van der Waals surface area contributed by atoms with Gasteiger partial charge in [0.05, 0.1) is 17.0 Å². The Kier molecular flexibility index (Phi) is 6.36. The van der Waals surface area contributed by atoms with E-state index < -0.39 is 21.7 Å². The Hall–Kier alpha value is -2.69. The maximum Gasteiger partial charge on any atom is 0.243 e. The van der Waals surface area contributed by atoms with Gasteiger partial charge in [-0.25, -0.2) is 22.2 Å². The van der Waals surface area contributed by atoms with E-state index in [4.69, 9.17) is 0 Å². The summed E-state index contributed by atoms with van der Waals surface area (Å²) in [6, 6.07) is 10.5. The minimum Gasteiger partial charge on any atom is -0.340 e. The Bertz CT molecular complexity index is 1240. The van der Waals surface area contributed by atoms with Crippen LogP contribution in [0.15, 0.2) is 52.7 Å². The normalized spacial score (nSPS) is 15.2. The molecule has 168 valence electrons. The van der Waals surface area contributed by atoms with Gasteiger partial charge in [0.2, 0.25) is 15.9 Å². The van der Waals surface area contributed by atoms with Gasteiger partial charge in [0.1, 0.15) is 5.01 Å². The molecule has 2 aromatic carbocycles. The van der Waals surface area contributed by atoms with E-state index in [1.165, 1.54) is 15.6 Å². The van der Waals surface area contributed by atoms with Gasteiger partial charge in [-0.15, -0.1) is 11.3 Å². The lowest BCUT2D eigenvalue weighted by molar-refractivity contribution is -0.131. The summed E-state index contributed by atoms with van der Waals surface area (Å²) in [6.45, 7) is 2.61. The van der Waals surface area contributed by atoms with Crippen molar-refractivity contribution in [3.05, 3.63) is 70.7 Å². The number of hydrogen-bond acceptors (Lipinski definition) is 5. The van der Waals surface area contributed by atoms with Crippen LogP contribution in [0.3, 0.4) is 0 Å². The topological polar surface area (TPSA) is 70.6 Å². The lowest BCUT2D eigenvalue weighted by Crippen LogP contribution is -2.50. The standard InChI is InChI=1S/C22H21F2N3O3S2/c1-15-2-4-16(5-3-15)22-25-17(14-31-22)12-21(28)26-8-10-27(11-9-26)32(29,30)18-6-7-19(23)20(24)13-18/h2-7,13-14H,8-12H2,1H3. The van der Waals surface area contributed by atoms with Crippen LogP contribution in [0.2, 0.25) is 0 Å². The molecule has 6 nitrogen and oxygen atoms in total. The van der Waals surface area contributed by atoms with Crippen LogP contribution in [0, 0.1) is 18.6 Å². The van der Waals surface area contributed by atoms with Crippen molar-refractivity contribution in [2.75, 3.05) is 26.2 Å². The summed E-state index contributed by atoms with van der Waals surface area (Å²) >= 11 is 1.47. The molecule has 0 bridgehead atoms. The minimum atomic E-state index is -3.96. The molecule has 1 aromatic heterocycles. The van der Waals surface area contributed by atoms with Crippen LogP contribution in [-0.2, 0) is 21.2 Å². The lowest BCUT2D eigenvalue weighted by Gasteiger charge is -2.34. The number of aryl methyl sites for hydroxylation is 1. The van der Waals surface area contributed by atoms with Gasteiger partial charge in [0.25, 0.3) is 0 Å². The maximum atomic E-state index is 13.5. The number of hydrogen-bond donors (Lipinski definition) is 0. The molecular formula is C22H21F2N3O3S2. The Morgan fingerprint density at radius 1 is 1.03 bits per heavy atom. The van der Waals surface area contributed by atoms with Crippen LogP contribution < -0.4 is 0 Å². The minimum absolute atomic E-state index is 0.0821. The summed E-state index contributed by atoms with van der Waals surface area (Å²) in [5, 5.41) is 2.70. The first-order valence-electron chi connectivity index (χ1n) is 9.98. The van der Waals surface area contributed by atoms with Crippen molar-refractivity contribution in [3.8, 4) is 10.6 Å². The predicted molar refractivity (Wildman–Crippen MR) is 118 cm³/mol. The summed E-state index contributed by atoms with van der Waals surface area (Å²) in [7, 11) is -3.96. The van der Waals surface area contributed by atoms with E-state index in [0.29, 0.717) is 11.8 Å². The summed E-state index contributed by atoms with van der Waals surface area (Å²) in [5.41, 5.74) is 2.83. The highest BCUT2D eigenvalue weighted by Gasteiger charge is 2.30. The van der Waals surface area contributed by atoms with Gasteiger partial charge < -0.3 is 4.90 Å². The SMILES string of the molecule is Cc1ccc(-c2nc(CC(=O)N3CCN(S(=O)(=O)c4ccc(F)c(F)c4)CC3)cs2)cc1. The smallest absolute Gasteiger partial charge is 0.243 e. The Balaban J connectivity index is 1.36. The van der Waals surface area contributed by atoms with Crippen molar-refractivity contribution in [3.63, 3.8) is 0 Å². The fourth-order valence-corrected chi connectivity index (χ4v) is 5.71. The summed E-state index contributed by atoms with van der Waals surface area (Å²) in [5.74, 6) is -2.45. The van der Waals surface area contributed by atoms with Crippen molar-refractivity contribution in [2.24, 2.45) is 0 Å². The van der Waals surface area contributed by atoms with E-state index in [2.05, 4.69) is 4.98 Å². The Morgan fingerprint density at radius 3 is 2.38 bits per heavy atom. The monoisotopic (exact) mass is 477 g/mol. The number of sulfonamides is 1. The van der Waals surface area contributed by atoms with Crippen LogP contribution in [0.5, 0.6) is 0 Å². The van der Waals surface area contributed by atoms with E-state index in [1.807, 2.05) is 36.6 Å². The van der Waals surface area contributed by atoms with Crippen molar-refractivity contribution < 1.29 is 22.0 Å². The molecule has 0 N–H and O–H groups in total. The zero-order valence-corrected chi connectivity index (χ0v) is 18.9. The average Bonchev–Trinajstić information content (AvgIpc) is 3.24. The van der Waals surface area contributed by atoms with Gasteiger partial charge in [-0.1, -0.05) is 29.8 Å². The highest BCUT2D eigenvalue weighted by atomic mass is 32.2. The first-order valence-corrected chi connectivity index (χ1v) is 12.3. The zero-order valence-electron chi connectivity index (χ0n) is 17.3. The molecular weight excluding hydrogens is 456 g/mol. The van der Waals surface area contributed by atoms with Crippen LogP contribution in [0.1, 0.15) is 11.3 Å². The number of carbonyl (C=O) groups excluding carboxylic acids is 1. The van der Waals surface area contributed by atoms with E-state index in [9.17, 15) is 22.0 Å². The molecule has 1 aliphatic heterocycles. The second kappa shape index (κ2) is 9.05. The third-order valence-electron chi connectivity index (χ3n) is 5.30. The number of nitrogens with zero attached hydrogens (tertiary/aromatic N) is 3. The van der Waals surface area contributed by atoms with Gasteiger partial charge in [-0.05, 0) is 25.1 Å². The number of benzene rings is 2. The van der Waals surface area contributed by atoms with Crippen molar-refractivity contribution in [2.45, 2.75) is 18.2 Å². The van der Waals surface area contributed by atoms with Gasteiger partial charge in [-0.2, -0.15) is 4.31 Å². The molecule has 0 radical (unpaired) electrons. The number of aromatic nitrogens is 1. The van der Waals surface area contributed by atoms with E-state index in [-0.39, 0.29) is 43.4 Å². The number of rotatable bonds is 5. The average molecular weight is 478 g/mol. The third-order valence-corrected chi connectivity index (χ3v) is 8.14. The molecule has 2 heterocycles. The molecule has 0 saturated carbocycles. The number of thiazole rings is 1. The van der Waals surface area contributed by atoms with Gasteiger partial charge in [0, 0.05) is 37.1 Å². The molecule has 1 amide bonds. The van der Waals surface area contributed by atoms with Gasteiger partial charge in [-0.3, -0.25) is 4.79 Å². The lowest BCUT2D eigenvalue weighted by atomic mass is 10.2. The number of piperazine rings is 1. The number of amides is 1. The highest BCUT2D eigenvalue weighted by Crippen LogP contribution is 2.25. The fourth-order valence-electron chi connectivity index (χ4n) is 3.45. The number of carbonyl (C=O) groups is 1. The first-order chi connectivity index (χ1) is 15.2. The quantitative estimate of drug-likeness (QED) is 0.564. The molecule has 1 aliphatic rings. The third kappa shape index (κ3) is 4.72. The predicted octanol–water partition coefficient (Wildman–Crippen LogP) is 3.47. The van der Waals surface area contributed by atoms with Crippen LogP contribution in [-0.4, -0.2) is 54.7 Å². The number of halogens is 2. The van der Waals surface area contributed by atoms with E-state index in [0.717, 1.165) is 28.3 Å². The summed E-state index contributed by atoms with van der Waals surface area (Å²) in [6.07, 6.45) is 0.137. The zero-order chi connectivity index (χ0) is 22.9. The molecule has 3 aromatic rings. The second-order valence-corrected chi connectivity index (χ2v) is 10.3. The molecule has 0 aliphatic carbocycles. The fraction of sp³-hybridized carbons (Fsp3) is 0.273. The van der Waals surface area contributed by atoms with Crippen molar-refractivity contribution >= 4 is 27.3 Å². The molecule has 4 rings (SSSR count). The molecule has 1 fully saturated rings.